The van der Waals surface area contributed by atoms with Crippen molar-refractivity contribution in [3.63, 3.8) is 0 Å². The van der Waals surface area contributed by atoms with E-state index < -0.39 is 0 Å². The molecule has 1 rings (SSSR count). The van der Waals surface area contributed by atoms with Crippen molar-refractivity contribution >= 4 is 34.2 Å². The largest absolute Gasteiger partial charge is 0.378 e. The zero-order chi connectivity index (χ0) is 8.81. The van der Waals surface area contributed by atoms with E-state index in [0.29, 0.717) is 19.1 Å². The maximum Gasteiger partial charge on any atom is 0.0663 e. The Morgan fingerprint density at radius 2 is 2.42 bits per heavy atom. The summed E-state index contributed by atoms with van der Waals surface area (Å²) in [5, 5.41) is 4.11. The van der Waals surface area contributed by atoms with Gasteiger partial charge in [-0.1, -0.05) is 0 Å². The number of aromatic nitrogens is 2. The van der Waals surface area contributed by atoms with E-state index in [2.05, 4.69) is 27.7 Å². The highest BCUT2D eigenvalue weighted by Gasteiger charge is 1.93. The van der Waals surface area contributed by atoms with Crippen molar-refractivity contribution in [2.75, 3.05) is 19.1 Å². The third-order valence-electron chi connectivity index (χ3n) is 1.29. The van der Waals surface area contributed by atoms with E-state index in [0.717, 1.165) is 10.1 Å². The van der Waals surface area contributed by atoms with Gasteiger partial charge in [0.15, 0.2) is 0 Å². The van der Waals surface area contributed by atoms with E-state index >= 15 is 0 Å². The predicted molar refractivity (Wildman–Crippen MR) is 56.5 cm³/mol. The fourth-order valence-corrected chi connectivity index (χ4v) is 1.33. The number of alkyl halides is 1. The molecule has 0 N–H and O–H groups in total. The third kappa shape index (κ3) is 3.73. The summed E-state index contributed by atoms with van der Waals surface area (Å²) in [5.74, 6) is 0.552. The lowest BCUT2D eigenvalue weighted by molar-refractivity contribution is 0.138. The van der Waals surface area contributed by atoms with E-state index in [1.165, 1.54) is 0 Å². The van der Waals surface area contributed by atoms with Crippen LogP contribution >= 0.6 is 34.2 Å². The molecule has 0 aromatic carbocycles. The number of rotatable bonds is 5. The lowest BCUT2D eigenvalue weighted by Crippen LogP contribution is -2.07. The summed E-state index contributed by atoms with van der Waals surface area (Å²) in [7, 11) is 0. The van der Waals surface area contributed by atoms with Gasteiger partial charge in [-0.2, -0.15) is 5.10 Å². The first-order valence-electron chi connectivity index (χ1n) is 3.64. The first kappa shape index (κ1) is 10.3. The monoisotopic (exact) mass is 300 g/mol. The van der Waals surface area contributed by atoms with Crippen molar-refractivity contribution in [1.82, 2.24) is 9.78 Å². The second-order valence-electron chi connectivity index (χ2n) is 2.22. The number of ether oxygens (including phenoxy) is 1. The van der Waals surface area contributed by atoms with Crippen LogP contribution in [-0.4, -0.2) is 28.9 Å². The molecule has 0 aliphatic heterocycles. The Kier molecular flexibility index (Phi) is 4.94. The summed E-state index contributed by atoms with van der Waals surface area (Å²) in [6, 6.07) is 0. The van der Waals surface area contributed by atoms with Gasteiger partial charge < -0.3 is 4.74 Å². The third-order valence-corrected chi connectivity index (χ3v) is 2.00. The van der Waals surface area contributed by atoms with Crippen molar-refractivity contribution in [2.24, 2.45) is 0 Å². The van der Waals surface area contributed by atoms with Crippen LogP contribution in [-0.2, 0) is 11.3 Å². The van der Waals surface area contributed by atoms with Gasteiger partial charge in [-0.05, 0) is 22.6 Å². The molecular formula is C7H10ClIN2O. The van der Waals surface area contributed by atoms with Crippen molar-refractivity contribution in [3.8, 4) is 0 Å². The first-order valence-corrected chi connectivity index (χ1v) is 5.26. The lowest BCUT2D eigenvalue weighted by atomic mass is 10.6. The van der Waals surface area contributed by atoms with Gasteiger partial charge in [-0.25, -0.2) is 0 Å². The summed E-state index contributed by atoms with van der Waals surface area (Å²) in [6.07, 6.45) is 3.80. The maximum atomic E-state index is 5.44. The second kappa shape index (κ2) is 5.77. The van der Waals surface area contributed by atoms with Crippen LogP contribution in [0.15, 0.2) is 12.4 Å². The average molecular weight is 301 g/mol. The molecule has 0 atom stereocenters. The average Bonchev–Trinajstić information content (AvgIpc) is 2.45. The molecule has 1 aromatic heterocycles. The fourth-order valence-electron chi connectivity index (χ4n) is 0.775. The molecule has 68 valence electrons. The van der Waals surface area contributed by atoms with E-state index in [1.807, 2.05) is 17.1 Å². The molecule has 5 heteroatoms. The van der Waals surface area contributed by atoms with Gasteiger partial charge >= 0.3 is 0 Å². The molecular weight excluding hydrogens is 290 g/mol. The Morgan fingerprint density at radius 3 is 3.00 bits per heavy atom. The molecule has 0 aliphatic carbocycles. The molecule has 0 unspecified atom stereocenters. The van der Waals surface area contributed by atoms with Gasteiger partial charge in [0.25, 0.3) is 0 Å². The number of hydrogen-bond acceptors (Lipinski definition) is 2. The topological polar surface area (TPSA) is 27.1 Å². The normalized spacial score (nSPS) is 10.5. The summed E-state index contributed by atoms with van der Waals surface area (Å²) in [4.78, 5) is 0. The van der Waals surface area contributed by atoms with Crippen LogP contribution in [0.5, 0.6) is 0 Å². The van der Waals surface area contributed by atoms with E-state index in [1.54, 1.807) is 0 Å². The zero-order valence-electron chi connectivity index (χ0n) is 6.54. The number of halogens is 2. The minimum atomic E-state index is 0.552. The predicted octanol–water partition coefficient (Wildman–Crippen LogP) is 1.74. The van der Waals surface area contributed by atoms with Crippen molar-refractivity contribution < 1.29 is 4.74 Å². The van der Waals surface area contributed by atoms with E-state index in [4.69, 9.17) is 16.3 Å². The van der Waals surface area contributed by atoms with Gasteiger partial charge in [0.2, 0.25) is 0 Å². The van der Waals surface area contributed by atoms with Crippen LogP contribution in [0.4, 0.5) is 0 Å². The molecule has 0 radical (unpaired) electrons. The molecule has 0 bridgehead atoms. The molecule has 1 heterocycles. The van der Waals surface area contributed by atoms with Crippen LogP contribution in [0.1, 0.15) is 0 Å². The molecule has 12 heavy (non-hydrogen) atoms. The van der Waals surface area contributed by atoms with E-state index in [9.17, 15) is 0 Å². The summed E-state index contributed by atoms with van der Waals surface area (Å²) in [6.45, 7) is 2.07. The Morgan fingerprint density at radius 1 is 1.58 bits per heavy atom. The van der Waals surface area contributed by atoms with Crippen LogP contribution in [0, 0.1) is 3.57 Å². The van der Waals surface area contributed by atoms with Crippen molar-refractivity contribution in [2.45, 2.75) is 6.54 Å². The molecule has 3 nitrogen and oxygen atoms in total. The molecule has 0 fully saturated rings. The Bertz CT molecular complexity index is 229. The zero-order valence-corrected chi connectivity index (χ0v) is 9.46. The summed E-state index contributed by atoms with van der Waals surface area (Å²) < 4.78 is 8.20. The van der Waals surface area contributed by atoms with Crippen LogP contribution in [0.2, 0.25) is 0 Å². The maximum absolute atomic E-state index is 5.44. The summed E-state index contributed by atoms with van der Waals surface area (Å²) >= 11 is 7.66. The van der Waals surface area contributed by atoms with Crippen molar-refractivity contribution in [3.05, 3.63) is 16.0 Å². The highest BCUT2D eigenvalue weighted by molar-refractivity contribution is 14.1. The lowest BCUT2D eigenvalue weighted by Gasteiger charge is -2.01. The quantitative estimate of drug-likeness (QED) is 0.470. The van der Waals surface area contributed by atoms with Crippen LogP contribution in [0.25, 0.3) is 0 Å². The van der Waals surface area contributed by atoms with Gasteiger partial charge in [-0.15, -0.1) is 11.6 Å². The Balaban J connectivity index is 2.15. The fraction of sp³-hybridized carbons (Fsp3) is 0.571. The first-order chi connectivity index (χ1) is 5.83. The van der Waals surface area contributed by atoms with Crippen LogP contribution in [0.3, 0.4) is 0 Å². The van der Waals surface area contributed by atoms with Crippen molar-refractivity contribution in [1.29, 1.82) is 0 Å². The van der Waals surface area contributed by atoms with E-state index in [-0.39, 0.29) is 0 Å². The molecule has 0 saturated carbocycles. The minimum Gasteiger partial charge on any atom is -0.378 e. The van der Waals surface area contributed by atoms with Gasteiger partial charge in [0.1, 0.15) is 0 Å². The highest BCUT2D eigenvalue weighted by Crippen LogP contribution is 2.00. The van der Waals surface area contributed by atoms with Gasteiger partial charge in [0.05, 0.1) is 29.5 Å². The standard InChI is InChI=1S/C7H10ClIN2O/c8-1-3-12-4-2-11-6-7(9)5-10-11/h5-6H,1-4H2. The smallest absolute Gasteiger partial charge is 0.0663 e. The van der Waals surface area contributed by atoms with Gasteiger partial charge in [0, 0.05) is 12.1 Å². The molecule has 0 spiro atoms. The molecule has 0 aliphatic rings. The minimum absolute atomic E-state index is 0.552. The Labute approximate surface area is 90.2 Å². The number of hydrogen-bond donors (Lipinski definition) is 0. The second-order valence-corrected chi connectivity index (χ2v) is 3.85. The Hall–Kier alpha value is 0.190. The molecule has 1 aromatic rings. The van der Waals surface area contributed by atoms with Gasteiger partial charge in [-0.3, -0.25) is 4.68 Å². The number of nitrogens with zero attached hydrogens (tertiary/aromatic N) is 2. The summed E-state index contributed by atoms with van der Waals surface area (Å²) in [5.41, 5.74) is 0. The SMILES string of the molecule is ClCCOCCn1cc(I)cn1. The highest BCUT2D eigenvalue weighted by atomic mass is 127. The molecule has 0 saturated heterocycles. The molecule has 0 amide bonds. The van der Waals surface area contributed by atoms with Crippen LogP contribution < -0.4 is 0 Å².